The average molecular weight is 539 g/mol. The first-order valence-corrected chi connectivity index (χ1v) is 14.9. The number of nitrogens with one attached hydrogen (secondary N) is 2. The van der Waals surface area contributed by atoms with E-state index in [9.17, 15) is 9.59 Å². The van der Waals surface area contributed by atoms with E-state index < -0.39 is 6.04 Å². The third-order valence-corrected chi connectivity index (χ3v) is 9.50. The maximum Gasteiger partial charge on any atom is 0.248 e. The molecule has 0 aliphatic heterocycles. The molecular formula is C34H42N4O2. The zero-order valence-electron chi connectivity index (χ0n) is 24.2. The Hall–Kier alpha value is -3.41. The van der Waals surface area contributed by atoms with Crippen LogP contribution in [0.3, 0.4) is 0 Å². The summed E-state index contributed by atoms with van der Waals surface area (Å²) in [5, 5.41) is 11.4. The smallest absolute Gasteiger partial charge is 0.248 e. The van der Waals surface area contributed by atoms with Crippen molar-refractivity contribution in [2.24, 2.45) is 23.2 Å². The number of aromatic nitrogens is 2. The van der Waals surface area contributed by atoms with Crippen molar-refractivity contribution < 1.29 is 9.59 Å². The zero-order chi connectivity index (χ0) is 28.1. The van der Waals surface area contributed by atoms with E-state index in [4.69, 9.17) is 5.10 Å². The van der Waals surface area contributed by atoms with Gasteiger partial charge < -0.3 is 10.6 Å². The molecule has 2 N–H and O–H groups in total. The van der Waals surface area contributed by atoms with Crippen molar-refractivity contribution in [2.45, 2.75) is 84.1 Å². The predicted octanol–water partition coefficient (Wildman–Crippen LogP) is 6.36. The molecule has 4 bridgehead atoms. The molecule has 4 aliphatic rings. The summed E-state index contributed by atoms with van der Waals surface area (Å²) in [7, 11) is 0. The first-order chi connectivity index (χ1) is 19.1. The lowest BCUT2D eigenvalue weighted by atomic mass is 9.49. The first kappa shape index (κ1) is 26.8. The highest BCUT2D eigenvalue weighted by Gasteiger charge is 2.55. The second-order valence-electron chi connectivity index (χ2n) is 13.8. The molecule has 6 heteroatoms. The maximum atomic E-state index is 14.0. The summed E-state index contributed by atoms with van der Waals surface area (Å²) in [6.07, 6.45) is 7.19. The Balaban J connectivity index is 1.30. The predicted molar refractivity (Wildman–Crippen MR) is 158 cm³/mol. The molecule has 7 rings (SSSR count). The SMILES string of the molecule is Cc1ccccc1-n1nc(C(C)(C)C)cc1NC(=O)C(Cc1ccccc1)NC(=O)C12CC3CC(CC(C3)C1)C2. The molecular weight excluding hydrogens is 496 g/mol. The molecule has 1 unspecified atom stereocenters. The number of carbonyl (C=O) groups excluding carboxylic acids is 2. The summed E-state index contributed by atoms with van der Waals surface area (Å²) in [5.41, 5.74) is 3.40. The number of nitrogens with zero attached hydrogens (tertiary/aromatic N) is 2. The van der Waals surface area contributed by atoms with Gasteiger partial charge in [0.25, 0.3) is 0 Å². The van der Waals surface area contributed by atoms with E-state index in [-0.39, 0.29) is 22.6 Å². The lowest BCUT2D eigenvalue weighted by molar-refractivity contribution is -0.148. The minimum absolute atomic E-state index is 0.0745. The number of rotatable bonds is 7. The lowest BCUT2D eigenvalue weighted by Crippen LogP contribution is -2.57. The fourth-order valence-electron chi connectivity index (χ4n) is 7.79. The zero-order valence-corrected chi connectivity index (χ0v) is 24.2. The van der Waals surface area contributed by atoms with Crippen LogP contribution in [0.25, 0.3) is 5.69 Å². The highest BCUT2D eigenvalue weighted by molar-refractivity contribution is 5.98. The van der Waals surface area contributed by atoms with Gasteiger partial charge in [0.2, 0.25) is 11.8 Å². The number of benzene rings is 2. The van der Waals surface area contributed by atoms with Gasteiger partial charge in [-0.1, -0.05) is 69.3 Å². The molecule has 3 aromatic rings. The van der Waals surface area contributed by atoms with Crippen LogP contribution in [0.1, 0.15) is 76.1 Å². The van der Waals surface area contributed by atoms with Gasteiger partial charge in [-0.15, -0.1) is 0 Å². The highest BCUT2D eigenvalue weighted by Crippen LogP contribution is 2.60. The summed E-state index contributed by atoms with van der Waals surface area (Å²) in [5.74, 6) is 2.47. The van der Waals surface area contributed by atoms with Gasteiger partial charge in [-0.25, -0.2) is 4.68 Å². The number of hydrogen-bond donors (Lipinski definition) is 2. The van der Waals surface area contributed by atoms with E-state index in [2.05, 4.69) is 31.4 Å². The van der Waals surface area contributed by atoms with Gasteiger partial charge in [0, 0.05) is 23.3 Å². The standard InChI is InChI=1S/C34H42N4O2/c1-22-10-8-9-13-28(22)38-30(18-29(37-38)33(2,3)4)36-31(39)27(17-23-11-6-5-7-12-23)35-32(40)34-19-24-14-25(20-34)16-26(15-24)21-34/h5-13,18,24-27H,14-17,19-21H2,1-4H3,(H,35,40)(H,36,39). The fraction of sp³-hybridized carbons (Fsp3) is 0.500. The van der Waals surface area contributed by atoms with E-state index in [0.29, 0.717) is 30.0 Å². The van der Waals surface area contributed by atoms with E-state index in [0.717, 1.165) is 41.8 Å². The van der Waals surface area contributed by atoms with Crippen molar-refractivity contribution in [3.05, 3.63) is 77.5 Å². The monoisotopic (exact) mass is 538 g/mol. The molecule has 0 radical (unpaired) electrons. The second kappa shape index (κ2) is 10.2. The van der Waals surface area contributed by atoms with Crippen molar-refractivity contribution >= 4 is 17.6 Å². The van der Waals surface area contributed by atoms with Crippen LogP contribution < -0.4 is 10.6 Å². The third kappa shape index (κ3) is 5.21. The molecule has 1 heterocycles. The Labute approximate surface area is 237 Å². The molecule has 210 valence electrons. The second-order valence-corrected chi connectivity index (χ2v) is 13.8. The summed E-state index contributed by atoms with van der Waals surface area (Å²) < 4.78 is 1.83. The van der Waals surface area contributed by atoms with Crippen molar-refractivity contribution in [3.8, 4) is 5.69 Å². The van der Waals surface area contributed by atoms with Gasteiger partial charge in [-0.2, -0.15) is 5.10 Å². The van der Waals surface area contributed by atoms with Gasteiger partial charge in [-0.3, -0.25) is 9.59 Å². The summed E-state index contributed by atoms with van der Waals surface area (Å²) >= 11 is 0. The minimum atomic E-state index is -0.679. The van der Waals surface area contributed by atoms with Gasteiger partial charge in [0.1, 0.15) is 11.9 Å². The minimum Gasteiger partial charge on any atom is -0.343 e. The van der Waals surface area contributed by atoms with Crippen LogP contribution in [0.2, 0.25) is 0 Å². The Kier molecular flexibility index (Phi) is 6.84. The topological polar surface area (TPSA) is 76.0 Å². The van der Waals surface area contributed by atoms with Crippen LogP contribution in [0.5, 0.6) is 0 Å². The number of amides is 2. The van der Waals surface area contributed by atoms with E-state index >= 15 is 0 Å². The van der Waals surface area contributed by atoms with E-state index in [1.54, 1.807) is 0 Å². The van der Waals surface area contributed by atoms with Crippen LogP contribution >= 0.6 is 0 Å². The van der Waals surface area contributed by atoms with Crippen molar-refractivity contribution in [1.29, 1.82) is 0 Å². The van der Waals surface area contributed by atoms with Crippen molar-refractivity contribution in [1.82, 2.24) is 15.1 Å². The largest absolute Gasteiger partial charge is 0.343 e. The molecule has 40 heavy (non-hydrogen) atoms. The Bertz CT molecular complexity index is 1370. The molecule has 4 saturated carbocycles. The van der Waals surface area contributed by atoms with Gasteiger partial charge in [0.05, 0.1) is 11.4 Å². The molecule has 4 aliphatic carbocycles. The Morgan fingerprint density at radius 3 is 2.15 bits per heavy atom. The fourth-order valence-corrected chi connectivity index (χ4v) is 7.79. The summed E-state index contributed by atoms with van der Waals surface area (Å²) in [4.78, 5) is 28.1. The molecule has 2 amide bonds. The molecule has 2 aromatic carbocycles. The molecule has 0 spiro atoms. The van der Waals surface area contributed by atoms with Crippen molar-refractivity contribution in [2.75, 3.05) is 5.32 Å². The molecule has 1 aromatic heterocycles. The van der Waals surface area contributed by atoms with Crippen LogP contribution in [0.4, 0.5) is 5.82 Å². The number of para-hydroxylation sites is 1. The quantitative estimate of drug-likeness (QED) is 0.368. The van der Waals surface area contributed by atoms with Gasteiger partial charge in [0.15, 0.2) is 0 Å². The Morgan fingerprint density at radius 2 is 1.55 bits per heavy atom. The number of anilines is 1. The van der Waals surface area contributed by atoms with E-state index in [1.165, 1.54) is 19.3 Å². The average Bonchev–Trinajstić information content (AvgIpc) is 3.32. The number of aryl methyl sites for hydroxylation is 1. The summed E-state index contributed by atoms with van der Waals surface area (Å²) in [6, 6.07) is 19.3. The molecule has 4 fully saturated rings. The maximum absolute atomic E-state index is 14.0. The van der Waals surface area contributed by atoms with Crippen LogP contribution in [0, 0.1) is 30.1 Å². The molecule has 6 nitrogen and oxygen atoms in total. The van der Waals surface area contributed by atoms with Crippen LogP contribution in [0.15, 0.2) is 60.7 Å². The van der Waals surface area contributed by atoms with Gasteiger partial charge >= 0.3 is 0 Å². The third-order valence-electron chi connectivity index (χ3n) is 9.50. The molecule has 0 saturated heterocycles. The lowest BCUT2D eigenvalue weighted by Gasteiger charge is -2.55. The van der Waals surface area contributed by atoms with E-state index in [1.807, 2.05) is 72.3 Å². The Morgan fingerprint density at radius 1 is 0.950 bits per heavy atom. The van der Waals surface area contributed by atoms with Crippen molar-refractivity contribution in [3.63, 3.8) is 0 Å². The number of hydrogen-bond acceptors (Lipinski definition) is 3. The summed E-state index contributed by atoms with van der Waals surface area (Å²) in [6.45, 7) is 8.40. The van der Waals surface area contributed by atoms with Gasteiger partial charge in [-0.05, 0) is 80.4 Å². The molecule has 1 atom stereocenters. The highest BCUT2D eigenvalue weighted by atomic mass is 16.2. The number of carbonyl (C=O) groups is 2. The van der Waals surface area contributed by atoms with Crippen LogP contribution in [-0.2, 0) is 21.4 Å². The first-order valence-electron chi connectivity index (χ1n) is 14.9. The normalized spacial score (nSPS) is 25.9. The van der Waals surface area contributed by atoms with Crippen LogP contribution in [-0.4, -0.2) is 27.6 Å².